The van der Waals surface area contributed by atoms with Crippen LogP contribution in [0.4, 0.5) is 0 Å². The summed E-state index contributed by atoms with van der Waals surface area (Å²) in [5, 5.41) is 24.8. The van der Waals surface area contributed by atoms with Crippen molar-refractivity contribution in [1.82, 2.24) is 0 Å². The molecule has 14 atom stereocenters. The number of aliphatic hydroxyl groups excluding tert-OH is 2. The van der Waals surface area contributed by atoms with E-state index in [4.69, 9.17) is 23.4 Å². The number of aliphatic hydroxyl groups is 2. The van der Waals surface area contributed by atoms with Gasteiger partial charge in [-0.15, -0.1) is 0 Å². The van der Waals surface area contributed by atoms with Crippen molar-refractivity contribution in [1.29, 1.82) is 0 Å². The zero-order valence-corrected chi connectivity index (χ0v) is 28.0. The number of carbonyl (C=O) groups is 5. The Kier molecular flexibility index (Phi) is 8.08. The van der Waals surface area contributed by atoms with Crippen molar-refractivity contribution in [3.63, 3.8) is 0 Å². The summed E-state index contributed by atoms with van der Waals surface area (Å²) in [6.07, 6.45) is -3.24. The van der Waals surface area contributed by atoms with Crippen LogP contribution >= 0.6 is 0 Å². The number of carbonyl (C=O) groups excluding carboxylic acids is 5. The first-order valence-electron chi connectivity index (χ1n) is 16.6. The maximum atomic E-state index is 14.8. The highest BCUT2D eigenvalue weighted by Gasteiger charge is 2.82. The smallest absolute Gasteiger partial charge is 0.310 e. The fraction of sp³-hybridized carbons (Fsp3) is 0.743. The van der Waals surface area contributed by atoms with Crippen LogP contribution in [0.1, 0.15) is 85.6 Å². The van der Waals surface area contributed by atoms with E-state index >= 15 is 0 Å². The Morgan fingerprint density at radius 1 is 1.00 bits per heavy atom. The standard InChI is InChI=1S/C35H46O12/c1-8-16(2)30(42)47-31-34(7)23-12-24(40)33(6)22-11-20(38)25(19-9-10-43-14-19)32(22,5)13-21(39)27(33)35(23,15-44-31)28(41)26(45-17(3)36)29(34)46-18(4)37/h9-10,14,16,22-29,31,40-41H,8,11-13,15H2,1-7H3/t16-,22-,23-,24+,25+,26-,27+,28-,29-,31+,32-,33-,34-,35+/m0/s1. The van der Waals surface area contributed by atoms with Gasteiger partial charge in [-0.05, 0) is 43.1 Å². The predicted octanol–water partition coefficient (Wildman–Crippen LogP) is 3.11. The highest BCUT2D eigenvalue weighted by molar-refractivity contribution is 5.94. The van der Waals surface area contributed by atoms with Gasteiger partial charge in [-0.3, -0.25) is 24.0 Å². The van der Waals surface area contributed by atoms with Gasteiger partial charge in [0.1, 0.15) is 17.7 Å². The SMILES string of the molecule is CC[C@H](C)C(=O)O[C@H]1OC[C@]23[C@@H]4C(=O)C[C@]5(C)[C@H](c6ccoc6)C(=O)C[C@@H]5[C@@]4(C)[C@H](O)C[C@H]2[C@@]1(C)[C@@H](OC(C)=O)[C@@H](OC(C)=O)[C@@H]3O. The van der Waals surface area contributed by atoms with Crippen LogP contribution in [-0.2, 0) is 42.9 Å². The summed E-state index contributed by atoms with van der Waals surface area (Å²) in [6, 6.07) is 1.73. The van der Waals surface area contributed by atoms with E-state index < -0.39 is 99.9 Å². The molecule has 4 saturated carbocycles. The zero-order chi connectivity index (χ0) is 34.4. The predicted molar refractivity (Wildman–Crippen MR) is 161 cm³/mol. The third kappa shape index (κ3) is 4.46. The van der Waals surface area contributed by atoms with Gasteiger partial charge in [-0.25, -0.2) is 0 Å². The fourth-order valence-electron chi connectivity index (χ4n) is 11.0. The number of Topliss-reactive ketones (excluding diaryl/α,β-unsaturated/α-hetero) is 2. The second-order valence-electron chi connectivity index (χ2n) is 15.4. The number of furan rings is 1. The van der Waals surface area contributed by atoms with E-state index in [9.17, 15) is 34.2 Å². The first-order chi connectivity index (χ1) is 22.0. The molecule has 0 spiro atoms. The van der Waals surface area contributed by atoms with Crippen molar-refractivity contribution in [2.45, 2.75) is 111 Å². The number of rotatable bonds is 6. The highest BCUT2D eigenvalue weighted by Crippen LogP contribution is 2.75. The minimum Gasteiger partial charge on any atom is -0.472 e. The molecule has 1 aromatic heterocycles. The Balaban J connectivity index is 1.53. The second-order valence-corrected chi connectivity index (χ2v) is 15.4. The van der Waals surface area contributed by atoms with Crippen LogP contribution in [0.2, 0.25) is 0 Å². The number of ether oxygens (including phenoxy) is 4. The summed E-state index contributed by atoms with van der Waals surface area (Å²) in [4.78, 5) is 66.9. The van der Waals surface area contributed by atoms with E-state index in [-0.39, 0.29) is 37.4 Å². The molecule has 1 aliphatic heterocycles. The van der Waals surface area contributed by atoms with E-state index in [1.807, 2.05) is 20.8 Å². The molecule has 12 heteroatoms. The Morgan fingerprint density at radius 3 is 2.28 bits per heavy atom. The number of ketones is 2. The van der Waals surface area contributed by atoms with E-state index in [0.29, 0.717) is 12.0 Å². The molecule has 1 saturated heterocycles. The number of fused-ring (bicyclic) bond motifs is 3. The van der Waals surface area contributed by atoms with Crippen molar-refractivity contribution < 1.29 is 57.6 Å². The highest BCUT2D eigenvalue weighted by atomic mass is 16.7. The Labute approximate surface area is 273 Å². The summed E-state index contributed by atoms with van der Waals surface area (Å²) < 4.78 is 29.2. The van der Waals surface area contributed by atoms with Gasteiger partial charge in [0, 0.05) is 49.0 Å². The molecular formula is C35H46O12. The molecule has 2 bridgehead atoms. The largest absolute Gasteiger partial charge is 0.472 e. The van der Waals surface area contributed by atoms with Crippen LogP contribution in [0.25, 0.3) is 0 Å². The van der Waals surface area contributed by atoms with Crippen LogP contribution in [-0.4, -0.2) is 77.0 Å². The molecule has 0 radical (unpaired) electrons. The molecule has 5 fully saturated rings. The molecule has 2 N–H and O–H groups in total. The van der Waals surface area contributed by atoms with E-state index in [1.54, 1.807) is 19.9 Å². The summed E-state index contributed by atoms with van der Waals surface area (Å²) in [5.41, 5.74) is -4.33. The average Bonchev–Trinajstić information content (AvgIpc) is 3.60. The quantitative estimate of drug-likeness (QED) is 0.338. The van der Waals surface area contributed by atoms with Crippen molar-refractivity contribution in [2.75, 3.05) is 6.61 Å². The van der Waals surface area contributed by atoms with E-state index in [0.717, 1.165) is 0 Å². The monoisotopic (exact) mass is 658 g/mol. The third-order valence-corrected chi connectivity index (χ3v) is 13.0. The Hall–Kier alpha value is -3.09. The summed E-state index contributed by atoms with van der Waals surface area (Å²) in [5.74, 6) is -5.76. The molecular weight excluding hydrogens is 612 g/mol. The first-order valence-corrected chi connectivity index (χ1v) is 16.6. The van der Waals surface area contributed by atoms with E-state index in [2.05, 4.69) is 0 Å². The van der Waals surface area contributed by atoms with Gasteiger partial charge in [0.2, 0.25) is 6.29 Å². The van der Waals surface area contributed by atoms with E-state index in [1.165, 1.54) is 26.4 Å². The lowest BCUT2D eigenvalue weighted by Gasteiger charge is -2.73. The average molecular weight is 659 g/mol. The lowest BCUT2D eigenvalue weighted by Crippen LogP contribution is -2.82. The minimum atomic E-state index is -1.58. The summed E-state index contributed by atoms with van der Waals surface area (Å²) in [7, 11) is 0. The number of hydrogen-bond acceptors (Lipinski definition) is 12. The minimum absolute atomic E-state index is 0.0102. The lowest BCUT2D eigenvalue weighted by molar-refractivity contribution is -0.388. The molecule has 0 aromatic carbocycles. The maximum Gasteiger partial charge on any atom is 0.310 e. The molecule has 258 valence electrons. The molecule has 47 heavy (non-hydrogen) atoms. The molecule has 12 nitrogen and oxygen atoms in total. The topological polar surface area (TPSA) is 176 Å². The van der Waals surface area contributed by atoms with Gasteiger partial charge in [-0.2, -0.15) is 0 Å². The lowest BCUT2D eigenvalue weighted by atomic mass is 9.34. The molecule has 5 aliphatic rings. The van der Waals surface area contributed by atoms with Gasteiger partial charge in [-0.1, -0.05) is 27.7 Å². The van der Waals surface area contributed by atoms with Crippen molar-refractivity contribution in [3.05, 3.63) is 24.2 Å². The Morgan fingerprint density at radius 2 is 1.68 bits per heavy atom. The normalized spacial score (nSPS) is 46.0. The van der Waals surface area contributed by atoms with Crippen molar-refractivity contribution in [2.24, 2.45) is 45.3 Å². The van der Waals surface area contributed by atoms with Crippen LogP contribution in [0, 0.1) is 45.3 Å². The fourth-order valence-corrected chi connectivity index (χ4v) is 11.0. The Bertz CT molecular complexity index is 1470. The zero-order valence-electron chi connectivity index (χ0n) is 28.0. The van der Waals surface area contributed by atoms with Crippen LogP contribution < -0.4 is 0 Å². The van der Waals surface area contributed by atoms with Crippen LogP contribution in [0.5, 0.6) is 0 Å². The molecule has 2 heterocycles. The molecule has 6 rings (SSSR count). The number of hydrogen-bond donors (Lipinski definition) is 2. The third-order valence-electron chi connectivity index (χ3n) is 13.0. The first kappa shape index (κ1) is 33.8. The molecule has 0 unspecified atom stereocenters. The van der Waals surface area contributed by atoms with Crippen molar-refractivity contribution >= 4 is 29.5 Å². The van der Waals surface area contributed by atoms with Crippen LogP contribution in [0.15, 0.2) is 23.0 Å². The number of esters is 3. The molecule has 1 aromatic rings. The molecule has 0 amide bonds. The van der Waals surface area contributed by atoms with Gasteiger partial charge in [0.25, 0.3) is 0 Å². The second kappa shape index (κ2) is 11.2. The van der Waals surface area contributed by atoms with Gasteiger partial charge >= 0.3 is 17.9 Å². The summed E-state index contributed by atoms with van der Waals surface area (Å²) >= 11 is 0. The van der Waals surface area contributed by atoms with Gasteiger partial charge < -0.3 is 33.6 Å². The van der Waals surface area contributed by atoms with Crippen LogP contribution in [0.3, 0.4) is 0 Å². The maximum absolute atomic E-state index is 14.8. The summed E-state index contributed by atoms with van der Waals surface area (Å²) in [6.45, 7) is 11.0. The van der Waals surface area contributed by atoms with Crippen molar-refractivity contribution in [3.8, 4) is 0 Å². The molecule has 4 aliphatic carbocycles. The van der Waals surface area contributed by atoms with Gasteiger partial charge in [0.05, 0.1) is 42.5 Å². The van der Waals surface area contributed by atoms with Gasteiger partial charge in [0.15, 0.2) is 12.2 Å².